The zero-order chi connectivity index (χ0) is 21.8. The first-order valence-electron chi connectivity index (χ1n) is 9.75. The number of guanidine groups is 1. The Bertz CT molecular complexity index is 667. The Morgan fingerprint density at radius 1 is 1.21 bits per heavy atom. The smallest absolute Gasteiger partial charge is 0.387 e. The van der Waals surface area contributed by atoms with Gasteiger partial charge in [0.05, 0.1) is 13.7 Å². The molecule has 1 N–H and O–H groups in total. The van der Waals surface area contributed by atoms with Gasteiger partial charge in [-0.25, -0.2) is 0 Å². The minimum Gasteiger partial charge on any atom is -0.493 e. The highest BCUT2D eigenvalue weighted by Gasteiger charge is 2.15. The fourth-order valence-corrected chi connectivity index (χ4v) is 2.78. The van der Waals surface area contributed by atoms with Crippen LogP contribution in [0, 0.1) is 0 Å². The van der Waals surface area contributed by atoms with Gasteiger partial charge in [0.25, 0.3) is 0 Å². The zero-order valence-corrected chi connectivity index (χ0v) is 17.9. The molecular formula is C20H32F2N4O3. The van der Waals surface area contributed by atoms with Crippen molar-refractivity contribution >= 4 is 11.9 Å². The fourth-order valence-electron chi connectivity index (χ4n) is 2.78. The Balaban J connectivity index is 2.80. The van der Waals surface area contributed by atoms with Crippen LogP contribution in [0.1, 0.15) is 26.3 Å². The summed E-state index contributed by atoms with van der Waals surface area (Å²) in [5.74, 6) is 0.899. The number of amides is 1. The van der Waals surface area contributed by atoms with Crippen LogP contribution in [0.2, 0.25) is 0 Å². The summed E-state index contributed by atoms with van der Waals surface area (Å²) in [5, 5.41) is 3.17. The molecule has 0 aliphatic rings. The summed E-state index contributed by atoms with van der Waals surface area (Å²) in [4.78, 5) is 20.4. The van der Waals surface area contributed by atoms with Gasteiger partial charge in [-0.05, 0) is 44.9 Å². The Hall–Kier alpha value is -2.58. The molecule has 0 heterocycles. The van der Waals surface area contributed by atoms with E-state index >= 15 is 0 Å². The monoisotopic (exact) mass is 414 g/mol. The van der Waals surface area contributed by atoms with Crippen molar-refractivity contribution in [3.63, 3.8) is 0 Å². The summed E-state index contributed by atoms with van der Waals surface area (Å²) in [7, 11) is 3.21. The van der Waals surface area contributed by atoms with E-state index in [4.69, 9.17) is 4.74 Å². The molecule has 0 saturated heterocycles. The number of nitrogens with one attached hydrogen (secondary N) is 1. The van der Waals surface area contributed by atoms with E-state index in [1.165, 1.54) is 13.2 Å². The van der Waals surface area contributed by atoms with Gasteiger partial charge < -0.3 is 24.6 Å². The molecule has 0 saturated carbocycles. The van der Waals surface area contributed by atoms with Crippen molar-refractivity contribution in [3.8, 4) is 11.5 Å². The Morgan fingerprint density at radius 3 is 2.45 bits per heavy atom. The van der Waals surface area contributed by atoms with Gasteiger partial charge in [-0.15, -0.1) is 0 Å². The lowest BCUT2D eigenvalue weighted by Crippen LogP contribution is -2.45. The molecule has 0 bridgehead atoms. The Morgan fingerprint density at radius 2 is 1.90 bits per heavy atom. The molecule has 0 atom stereocenters. The van der Waals surface area contributed by atoms with Crippen molar-refractivity contribution in [3.05, 3.63) is 23.8 Å². The van der Waals surface area contributed by atoms with E-state index in [-0.39, 0.29) is 24.0 Å². The standard InChI is InChI=1S/C20H32F2N4O3/c1-6-23-20(25(4)14-18(27)26(7-2)8-3)24-12-11-15-9-10-16(28-5)17(13-15)29-19(21)22/h9-10,13,19H,6-8,11-12,14H2,1-5H3,(H,23,24). The number of carbonyl (C=O) groups excluding carboxylic acids is 1. The molecule has 0 aliphatic carbocycles. The summed E-state index contributed by atoms with van der Waals surface area (Å²) in [6.45, 7) is 5.56. The fraction of sp³-hybridized carbons (Fsp3) is 0.600. The summed E-state index contributed by atoms with van der Waals surface area (Å²) in [5.41, 5.74) is 0.794. The van der Waals surface area contributed by atoms with E-state index in [1.807, 2.05) is 27.8 Å². The number of rotatable bonds is 11. The summed E-state index contributed by atoms with van der Waals surface area (Å²) in [6.07, 6.45) is 0.524. The predicted molar refractivity (Wildman–Crippen MR) is 110 cm³/mol. The van der Waals surface area contributed by atoms with E-state index in [9.17, 15) is 13.6 Å². The van der Waals surface area contributed by atoms with Crippen molar-refractivity contribution in [2.24, 2.45) is 4.99 Å². The minimum absolute atomic E-state index is 0.00202. The lowest BCUT2D eigenvalue weighted by molar-refractivity contribution is -0.131. The van der Waals surface area contributed by atoms with Crippen molar-refractivity contribution in [1.82, 2.24) is 15.1 Å². The highest BCUT2D eigenvalue weighted by molar-refractivity contribution is 5.86. The van der Waals surface area contributed by atoms with Gasteiger partial charge in [0.2, 0.25) is 5.91 Å². The number of halogens is 2. The SMILES string of the molecule is CCNC(=NCCc1ccc(OC)c(OC(F)F)c1)N(C)CC(=O)N(CC)CC. The molecule has 0 unspecified atom stereocenters. The van der Waals surface area contributed by atoms with E-state index < -0.39 is 6.61 Å². The van der Waals surface area contributed by atoms with E-state index in [0.717, 1.165) is 5.56 Å². The highest BCUT2D eigenvalue weighted by atomic mass is 19.3. The average molecular weight is 414 g/mol. The van der Waals surface area contributed by atoms with Crippen LogP contribution in [0.5, 0.6) is 11.5 Å². The normalized spacial score (nSPS) is 11.4. The molecule has 0 fully saturated rings. The molecule has 9 heteroatoms. The molecule has 7 nitrogen and oxygen atoms in total. The van der Waals surface area contributed by atoms with Crippen LogP contribution in [-0.4, -0.2) is 75.2 Å². The molecule has 0 radical (unpaired) electrons. The second kappa shape index (κ2) is 12.8. The number of benzene rings is 1. The van der Waals surface area contributed by atoms with Crippen molar-refractivity contribution in [2.75, 3.05) is 46.9 Å². The van der Waals surface area contributed by atoms with E-state index in [2.05, 4.69) is 15.0 Å². The number of carbonyl (C=O) groups is 1. The minimum atomic E-state index is -2.92. The molecule has 0 aliphatic heterocycles. The first-order chi connectivity index (χ1) is 13.9. The summed E-state index contributed by atoms with van der Waals surface area (Å²) < 4.78 is 34.7. The number of hydrogen-bond donors (Lipinski definition) is 1. The molecule has 1 amide bonds. The second-order valence-electron chi connectivity index (χ2n) is 6.27. The maximum absolute atomic E-state index is 12.6. The number of ether oxygens (including phenoxy) is 2. The third-order valence-electron chi connectivity index (χ3n) is 4.29. The van der Waals surface area contributed by atoms with Crippen LogP contribution in [0.3, 0.4) is 0 Å². The number of hydrogen-bond acceptors (Lipinski definition) is 4. The van der Waals surface area contributed by atoms with Gasteiger partial charge in [-0.1, -0.05) is 6.07 Å². The van der Waals surface area contributed by atoms with Gasteiger partial charge in [-0.3, -0.25) is 9.79 Å². The molecule has 29 heavy (non-hydrogen) atoms. The third-order valence-corrected chi connectivity index (χ3v) is 4.29. The number of likely N-dealkylation sites (N-methyl/N-ethyl adjacent to an activating group) is 2. The van der Waals surface area contributed by atoms with E-state index in [0.29, 0.717) is 38.6 Å². The van der Waals surface area contributed by atoms with Gasteiger partial charge in [0.15, 0.2) is 17.5 Å². The predicted octanol–water partition coefficient (Wildman–Crippen LogP) is 2.60. The number of nitrogens with zero attached hydrogens (tertiary/aromatic N) is 3. The molecule has 1 rings (SSSR count). The highest BCUT2D eigenvalue weighted by Crippen LogP contribution is 2.29. The lowest BCUT2D eigenvalue weighted by Gasteiger charge is -2.25. The summed E-state index contributed by atoms with van der Waals surface area (Å²) in [6, 6.07) is 4.91. The van der Waals surface area contributed by atoms with Crippen LogP contribution < -0.4 is 14.8 Å². The average Bonchev–Trinajstić information content (AvgIpc) is 2.68. The van der Waals surface area contributed by atoms with Crippen molar-refractivity contribution in [2.45, 2.75) is 33.8 Å². The first-order valence-corrected chi connectivity index (χ1v) is 9.75. The Kier molecular flexibility index (Phi) is 10.8. The number of alkyl halides is 2. The lowest BCUT2D eigenvalue weighted by atomic mass is 10.1. The van der Waals surface area contributed by atoms with Crippen LogP contribution in [0.15, 0.2) is 23.2 Å². The van der Waals surface area contributed by atoms with Gasteiger partial charge in [0.1, 0.15) is 0 Å². The third kappa shape index (κ3) is 8.13. The van der Waals surface area contributed by atoms with Gasteiger partial charge in [0, 0.05) is 33.2 Å². The number of methoxy groups -OCH3 is 1. The van der Waals surface area contributed by atoms with Crippen LogP contribution in [0.4, 0.5) is 8.78 Å². The molecular weight excluding hydrogens is 382 g/mol. The van der Waals surface area contributed by atoms with Gasteiger partial charge >= 0.3 is 6.61 Å². The molecule has 164 valence electrons. The largest absolute Gasteiger partial charge is 0.493 e. The van der Waals surface area contributed by atoms with Crippen LogP contribution >= 0.6 is 0 Å². The topological polar surface area (TPSA) is 66.4 Å². The zero-order valence-electron chi connectivity index (χ0n) is 17.9. The van der Waals surface area contributed by atoms with Crippen LogP contribution in [-0.2, 0) is 11.2 Å². The molecule has 0 aromatic heterocycles. The quantitative estimate of drug-likeness (QED) is 0.445. The van der Waals surface area contributed by atoms with Crippen LogP contribution in [0.25, 0.3) is 0 Å². The second-order valence-corrected chi connectivity index (χ2v) is 6.27. The maximum Gasteiger partial charge on any atom is 0.387 e. The Labute approximate surface area is 171 Å². The molecule has 1 aromatic carbocycles. The molecule has 0 spiro atoms. The van der Waals surface area contributed by atoms with Gasteiger partial charge in [-0.2, -0.15) is 8.78 Å². The van der Waals surface area contributed by atoms with E-state index in [1.54, 1.807) is 21.9 Å². The van der Waals surface area contributed by atoms with Crippen molar-refractivity contribution in [1.29, 1.82) is 0 Å². The molecule has 1 aromatic rings. The first kappa shape index (κ1) is 24.5. The maximum atomic E-state index is 12.6. The van der Waals surface area contributed by atoms with Crippen molar-refractivity contribution < 1.29 is 23.0 Å². The number of aliphatic imine (C=N–C) groups is 1. The summed E-state index contributed by atoms with van der Waals surface area (Å²) >= 11 is 0.